The highest BCUT2D eigenvalue weighted by Gasteiger charge is 2.32. The molecule has 0 spiro atoms. The molecule has 9 heteroatoms. The van der Waals surface area contributed by atoms with Gasteiger partial charge in [0.05, 0.1) is 11.5 Å². The van der Waals surface area contributed by atoms with Crippen molar-refractivity contribution >= 4 is 39.1 Å². The molecule has 5 heterocycles. The van der Waals surface area contributed by atoms with Crippen molar-refractivity contribution in [1.82, 2.24) is 20.3 Å². The summed E-state index contributed by atoms with van der Waals surface area (Å²) < 4.78 is 28.1. The summed E-state index contributed by atoms with van der Waals surface area (Å²) in [4.78, 5) is 16.2. The lowest BCUT2D eigenvalue weighted by Crippen LogP contribution is -2.39. The van der Waals surface area contributed by atoms with E-state index >= 15 is 4.39 Å². The van der Waals surface area contributed by atoms with Gasteiger partial charge in [-0.15, -0.1) is 0 Å². The Morgan fingerprint density at radius 1 is 1.16 bits per heavy atom. The van der Waals surface area contributed by atoms with Crippen molar-refractivity contribution in [3.63, 3.8) is 0 Å². The minimum absolute atomic E-state index is 0.00606. The summed E-state index contributed by atoms with van der Waals surface area (Å²) in [7, 11) is 0. The first-order chi connectivity index (χ1) is 18.6. The van der Waals surface area contributed by atoms with Crippen LogP contribution in [-0.4, -0.2) is 59.9 Å². The lowest BCUT2D eigenvalue weighted by Gasteiger charge is -2.27. The number of pyridine rings is 1. The Hall–Kier alpha value is -3.07. The van der Waals surface area contributed by atoms with Crippen molar-refractivity contribution in [1.29, 1.82) is 0 Å². The van der Waals surface area contributed by atoms with Crippen LogP contribution in [0.25, 0.3) is 32.9 Å². The lowest BCUT2D eigenvalue weighted by molar-refractivity contribution is 0.0647. The quantitative estimate of drug-likeness (QED) is 0.369. The molecule has 2 unspecified atom stereocenters. The summed E-state index contributed by atoms with van der Waals surface area (Å²) in [6.07, 6.45) is 5.86. The molecule has 1 N–H and O–H groups in total. The van der Waals surface area contributed by atoms with E-state index in [2.05, 4.69) is 20.2 Å². The smallest absolute Gasteiger partial charge is 0.319 e. The van der Waals surface area contributed by atoms with E-state index < -0.39 is 5.82 Å². The van der Waals surface area contributed by atoms with Crippen molar-refractivity contribution in [2.45, 2.75) is 37.8 Å². The van der Waals surface area contributed by atoms with E-state index in [-0.39, 0.29) is 23.3 Å². The molecule has 3 atom stereocenters. The first kappa shape index (κ1) is 24.0. The second-order valence-corrected chi connectivity index (χ2v) is 11.0. The molecule has 3 saturated heterocycles. The Bertz CT molecular complexity index is 1510. The zero-order chi connectivity index (χ0) is 25.6. The largest absolute Gasteiger partial charge is 0.461 e. The van der Waals surface area contributed by atoms with Crippen LogP contribution in [0, 0.1) is 11.7 Å². The third-order valence-electron chi connectivity index (χ3n) is 8.04. The van der Waals surface area contributed by atoms with E-state index in [4.69, 9.17) is 26.1 Å². The van der Waals surface area contributed by atoms with Crippen LogP contribution in [0.3, 0.4) is 0 Å². The first-order valence-electron chi connectivity index (χ1n) is 13.4. The Labute approximate surface area is 225 Å². The summed E-state index contributed by atoms with van der Waals surface area (Å²) in [6.45, 7) is 3.79. The van der Waals surface area contributed by atoms with Gasteiger partial charge in [-0.05, 0) is 49.6 Å². The SMILES string of the molecule is Fc1c(-c2cccc3cccc(Cl)c23)ncc2c(N3CCC4CNC(C4)C3)nc(OC[C@H]3CCCO3)nc12. The zero-order valence-electron chi connectivity index (χ0n) is 21.0. The number of hydrogen-bond acceptors (Lipinski definition) is 7. The average Bonchev–Trinajstić information content (AvgIpc) is 3.57. The Morgan fingerprint density at radius 2 is 2.05 bits per heavy atom. The van der Waals surface area contributed by atoms with Crippen molar-refractivity contribution in [2.75, 3.05) is 37.7 Å². The number of rotatable bonds is 5. The monoisotopic (exact) mass is 533 g/mol. The fourth-order valence-electron chi connectivity index (χ4n) is 6.10. The Balaban J connectivity index is 1.36. The maximum absolute atomic E-state index is 16.4. The van der Waals surface area contributed by atoms with Crippen molar-refractivity contribution in [3.8, 4) is 17.3 Å². The van der Waals surface area contributed by atoms with Gasteiger partial charge in [0.1, 0.15) is 23.6 Å². The van der Waals surface area contributed by atoms with Crippen LogP contribution in [0.1, 0.15) is 25.7 Å². The molecule has 38 heavy (non-hydrogen) atoms. The highest BCUT2D eigenvalue weighted by Crippen LogP contribution is 2.38. The Morgan fingerprint density at radius 3 is 2.92 bits per heavy atom. The summed E-state index contributed by atoms with van der Waals surface area (Å²) >= 11 is 6.56. The van der Waals surface area contributed by atoms with Crippen LogP contribution < -0.4 is 15.0 Å². The van der Waals surface area contributed by atoms with E-state index in [0.29, 0.717) is 40.4 Å². The molecule has 3 fully saturated rings. The summed E-state index contributed by atoms with van der Waals surface area (Å²) in [5, 5.41) is 6.44. The molecule has 0 radical (unpaired) electrons. The van der Waals surface area contributed by atoms with Gasteiger partial charge in [0.2, 0.25) is 0 Å². The lowest BCUT2D eigenvalue weighted by atomic mass is 10.0. The average molecular weight is 534 g/mol. The Kier molecular flexibility index (Phi) is 6.26. The van der Waals surface area contributed by atoms with Gasteiger partial charge < -0.3 is 19.7 Å². The normalized spacial score (nSPS) is 23.3. The minimum Gasteiger partial charge on any atom is -0.461 e. The van der Waals surface area contributed by atoms with Crippen LogP contribution in [0.15, 0.2) is 42.6 Å². The van der Waals surface area contributed by atoms with Crippen LogP contribution in [0.4, 0.5) is 10.2 Å². The third kappa shape index (κ3) is 4.34. The zero-order valence-corrected chi connectivity index (χ0v) is 21.8. The molecular formula is C29H29ClFN5O2. The molecule has 7 nitrogen and oxygen atoms in total. The van der Waals surface area contributed by atoms with E-state index in [1.807, 2.05) is 36.4 Å². The molecule has 0 saturated carbocycles. The number of ether oxygens (including phenoxy) is 2. The van der Waals surface area contributed by atoms with Crippen LogP contribution in [0.5, 0.6) is 6.01 Å². The second kappa shape index (κ2) is 9.91. The highest BCUT2D eigenvalue weighted by atomic mass is 35.5. The number of anilines is 1. The number of fused-ring (bicyclic) bond motifs is 4. The molecular weight excluding hydrogens is 505 g/mol. The van der Waals surface area contributed by atoms with Crippen molar-refractivity contribution in [2.24, 2.45) is 5.92 Å². The molecule has 196 valence electrons. The van der Waals surface area contributed by atoms with Crippen LogP contribution in [-0.2, 0) is 4.74 Å². The molecule has 0 amide bonds. The molecule has 2 aromatic carbocycles. The number of benzene rings is 2. The summed E-state index contributed by atoms with van der Waals surface area (Å²) in [5.74, 6) is 0.821. The van der Waals surface area contributed by atoms with Crippen LogP contribution >= 0.6 is 11.6 Å². The maximum atomic E-state index is 16.4. The molecule has 3 aliphatic heterocycles. The number of hydrogen-bond donors (Lipinski definition) is 1. The summed E-state index contributed by atoms with van der Waals surface area (Å²) in [5.41, 5.74) is 1.04. The molecule has 7 rings (SSSR count). The minimum atomic E-state index is -0.505. The van der Waals surface area contributed by atoms with Crippen LogP contribution in [0.2, 0.25) is 5.02 Å². The number of nitrogens with one attached hydrogen (secondary N) is 1. The van der Waals surface area contributed by atoms with Gasteiger partial charge in [-0.1, -0.05) is 41.9 Å². The molecule has 2 bridgehead atoms. The standard InChI is InChI=1S/C29H29ClFN5O2/c30-23-8-2-5-18-4-1-7-21(24(18)23)26-25(31)27-22(14-33-26)28(36-10-9-17-12-19(15-36)32-13-17)35-29(34-27)38-16-20-6-3-11-37-20/h1-2,4-5,7-8,14,17,19-20,32H,3,6,9-13,15-16H2/t17?,19?,20-/m1/s1. The highest BCUT2D eigenvalue weighted by molar-refractivity contribution is 6.36. The van der Waals surface area contributed by atoms with Gasteiger partial charge >= 0.3 is 6.01 Å². The second-order valence-electron chi connectivity index (χ2n) is 10.5. The van der Waals surface area contributed by atoms with Crippen molar-refractivity contribution < 1.29 is 13.9 Å². The van der Waals surface area contributed by atoms with E-state index in [9.17, 15) is 0 Å². The van der Waals surface area contributed by atoms with Crippen molar-refractivity contribution in [3.05, 3.63) is 53.4 Å². The third-order valence-corrected chi connectivity index (χ3v) is 8.35. The summed E-state index contributed by atoms with van der Waals surface area (Å²) in [6, 6.07) is 11.9. The maximum Gasteiger partial charge on any atom is 0.319 e. The van der Waals surface area contributed by atoms with Gasteiger partial charge in [0.25, 0.3) is 0 Å². The van der Waals surface area contributed by atoms with Gasteiger partial charge in [-0.2, -0.15) is 9.97 Å². The molecule has 3 aliphatic rings. The molecule has 0 aliphatic carbocycles. The molecule has 4 aromatic rings. The van der Waals surface area contributed by atoms with Gasteiger partial charge in [-0.25, -0.2) is 4.39 Å². The first-order valence-corrected chi connectivity index (χ1v) is 13.8. The topological polar surface area (TPSA) is 72.4 Å². The fourth-order valence-corrected chi connectivity index (χ4v) is 6.38. The van der Waals surface area contributed by atoms with Gasteiger partial charge in [-0.3, -0.25) is 4.98 Å². The molecule has 2 aromatic heterocycles. The predicted molar refractivity (Wildman–Crippen MR) is 146 cm³/mol. The van der Waals surface area contributed by atoms with Gasteiger partial charge in [0, 0.05) is 47.9 Å². The number of aromatic nitrogens is 3. The van der Waals surface area contributed by atoms with E-state index in [0.717, 1.165) is 62.7 Å². The number of nitrogens with zero attached hydrogens (tertiary/aromatic N) is 4. The van der Waals surface area contributed by atoms with E-state index in [1.165, 1.54) is 0 Å². The number of halogens is 2. The predicted octanol–water partition coefficient (Wildman–Crippen LogP) is 5.38. The fraction of sp³-hybridized carbons (Fsp3) is 0.414. The van der Waals surface area contributed by atoms with Gasteiger partial charge in [0.15, 0.2) is 5.82 Å². The van der Waals surface area contributed by atoms with E-state index in [1.54, 1.807) is 6.20 Å².